The molecule has 23 heavy (non-hydrogen) atoms. The van der Waals surface area contributed by atoms with Crippen LogP contribution >= 0.6 is 0 Å². The van der Waals surface area contributed by atoms with Crippen molar-refractivity contribution < 1.29 is 0 Å². The van der Waals surface area contributed by atoms with Crippen LogP contribution in [0.15, 0.2) is 82.2 Å². The summed E-state index contributed by atoms with van der Waals surface area (Å²) in [5.41, 5.74) is 4.72. The number of azo groups is 1. The summed E-state index contributed by atoms with van der Waals surface area (Å²) in [6.07, 6.45) is 7.28. The first-order chi connectivity index (χ1) is 11.4. The molecule has 0 N–H and O–H groups in total. The van der Waals surface area contributed by atoms with E-state index in [1.165, 1.54) is 48.1 Å². The Morgan fingerprint density at radius 3 is 1.83 bits per heavy atom. The molecule has 0 atom stereocenters. The summed E-state index contributed by atoms with van der Waals surface area (Å²) < 4.78 is 0. The standard InChI is InChI=1S/C21H22N2/c1-2-10-16-20-19(15-9-1)21(23-22-20,17-11-5-3-6-12-17)18-13-7-4-8-14-18/h3-8,11-14H,1-2,9-10,15-16H2. The first kappa shape index (κ1) is 14.4. The van der Waals surface area contributed by atoms with E-state index >= 15 is 0 Å². The minimum atomic E-state index is -0.408. The van der Waals surface area contributed by atoms with E-state index in [-0.39, 0.29) is 0 Å². The highest BCUT2D eigenvalue weighted by molar-refractivity contribution is 5.51. The molecule has 0 unspecified atom stereocenters. The largest absolute Gasteiger partial charge is 0.168 e. The van der Waals surface area contributed by atoms with E-state index in [4.69, 9.17) is 5.11 Å². The average Bonchev–Trinajstić information content (AvgIpc) is 2.95. The molecule has 2 aromatic carbocycles. The topological polar surface area (TPSA) is 24.7 Å². The summed E-state index contributed by atoms with van der Waals surface area (Å²) in [7, 11) is 0. The summed E-state index contributed by atoms with van der Waals surface area (Å²) in [6.45, 7) is 0. The lowest BCUT2D eigenvalue weighted by Crippen LogP contribution is -2.26. The average molecular weight is 302 g/mol. The molecule has 0 saturated heterocycles. The first-order valence-corrected chi connectivity index (χ1v) is 8.68. The molecule has 0 radical (unpaired) electrons. The highest BCUT2D eigenvalue weighted by Gasteiger charge is 2.43. The predicted molar refractivity (Wildman–Crippen MR) is 93.2 cm³/mol. The SMILES string of the molecule is c1ccc(C2(c3ccccc3)N=NC3=C2CCCCCC3)cc1. The molecule has 2 nitrogen and oxygen atoms in total. The van der Waals surface area contributed by atoms with Crippen LogP contribution in [0.25, 0.3) is 0 Å². The van der Waals surface area contributed by atoms with Crippen LogP contribution in [0.1, 0.15) is 49.7 Å². The molecular formula is C21H22N2. The fourth-order valence-corrected chi connectivity index (χ4v) is 3.93. The molecule has 1 aliphatic heterocycles. The highest BCUT2D eigenvalue weighted by atomic mass is 15.2. The van der Waals surface area contributed by atoms with Gasteiger partial charge in [-0.05, 0) is 42.4 Å². The van der Waals surface area contributed by atoms with E-state index in [1.54, 1.807) is 0 Å². The molecule has 0 aromatic heterocycles. The molecule has 2 aliphatic rings. The molecule has 1 heterocycles. The smallest absolute Gasteiger partial charge is 0.155 e. The second-order valence-corrected chi connectivity index (χ2v) is 6.48. The lowest BCUT2D eigenvalue weighted by molar-refractivity contribution is 0.557. The fraction of sp³-hybridized carbons (Fsp3) is 0.333. The van der Waals surface area contributed by atoms with Crippen molar-refractivity contribution in [3.8, 4) is 0 Å². The van der Waals surface area contributed by atoms with E-state index in [0.717, 1.165) is 12.8 Å². The summed E-state index contributed by atoms with van der Waals surface area (Å²) in [6, 6.07) is 21.4. The van der Waals surface area contributed by atoms with Crippen LogP contribution in [0.2, 0.25) is 0 Å². The zero-order chi connectivity index (χ0) is 15.5. The van der Waals surface area contributed by atoms with Crippen molar-refractivity contribution >= 4 is 0 Å². The number of allylic oxidation sites excluding steroid dienone is 1. The molecule has 0 amide bonds. The van der Waals surface area contributed by atoms with Crippen molar-refractivity contribution in [1.29, 1.82) is 0 Å². The van der Waals surface area contributed by atoms with Gasteiger partial charge in [0.25, 0.3) is 0 Å². The Balaban J connectivity index is 1.92. The minimum absolute atomic E-state index is 0.408. The van der Waals surface area contributed by atoms with Gasteiger partial charge in [0.2, 0.25) is 0 Å². The third-order valence-corrected chi connectivity index (χ3v) is 5.08. The van der Waals surface area contributed by atoms with E-state index in [2.05, 4.69) is 65.8 Å². The molecule has 0 saturated carbocycles. The van der Waals surface area contributed by atoms with Crippen LogP contribution in [-0.2, 0) is 5.54 Å². The van der Waals surface area contributed by atoms with Crippen LogP contribution in [0.5, 0.6) is 0 Å². The van der Waals surface area contributed by atoms with Gasteiger partial charge in [-0.25, -0.2) is 0 Å². The summed E-state index contributed by atoms with van der Waals surface area (Å²) >= 11 is 0. The number of rotatable bonds is 2. The minimum Gasteiger partial charge on any atom is -0.168 e. The third-order valence-electron chi connectivity index (χ3n) is 5.08. The Morgan fingerprint density at radius 2 is 1.22 bits per heavy atom. The number of hydrogen-bond acceptors (Lipinski definition) is 2. The molecule has 0 spiro atoms. The monoisotopic (exact) mass is 302 g/mol. The van der Waals surface area contributed by atoms with Crippen LogP contribution in [0, 0.1) is 0 Å². The number of hydrogen-bond donors (Lipinski definition) is 0. The number of nitrogens with zero attached hydrogens (tertiary/aromatic N) is 2. The Hall–Kier alpha value is -2.22. The van der Waals surface area contributed by atoms with Crippen LogP contribution in [-0.4, -0.2) is 0 Å². The molecule has 0 fully saturated rings. The lowest BCUT2D eigenvalue weighted by atomic mass is 9.74. The van der Waals surface area contributed by atoms with Gasteiger partial charge in [-0.2, -0.15) is 10.2 Å². The van der Waals surface area contributed by atoms with Crippen molar-refractivity contribution in [2.75, 3.05) is 0 Å². The first-order valence-electron chi connectivity index (χ1n) is 8.68. The van der Waals surface area contributed by atoms with Gasteiger partial charge in [0.05, 0.1) is 5.70 Å². The molecule has 2 aromatic rings. The van der Waals surface area contributed by atoms with Gasteiger partial charge in [-0.15, -0.1) is 0 Å². The van der Waals surface area contributed by atoms with Gasteiger partial charge >= 0.3 is 0 Å². The molecule has 4 rings (SSSR count). The Bertz CT molecular complexity index is 689. The number of benzene rings is 2. The van der Waals surface area contributed by atoms with Gasteiger partial charge in [-0.1, -0.05) is 73.5 Å². The maximum Gasteiger partial charge on any atom is 0.155 e. The molecular weight excluding hydrogens is 280 g/mol. The van der Waals surface area contributed by atoms with Gasteiger partial charge in [0.15, 0.2) is 5.54 Å². The zero-order valence-corrected chi connectivity index (χ0v) is 13.4. The maximum atomic E-state index is 4.89. The molecule has 2 heteroatoms. The van der Waals surface area contributed by atoms with E-state index < -0.39 is 5.54 Å². The third kappa shape index (κ3) is 2.42. The van der Waals surface area contributed by atoms with Crippen LogP contribution in [0.4, 0.5) is 0 Å². The predicted octanol–water partition coefficient (Wildman–Crippen LogP) is 6.00. The molecule has 1 aliphatic carbocycles. The van der Waals surface area contributed by atoms with Crippen molar-refractivity contribution in [3.63, 3.8) is 0 Å². The van der Waals surface area contributed by atoms with Crippen molar-refractivity contribution in [2.24, 2.45) is 10.2 Å². The van der Waals surface area contributed by atoms with E-state index in [0.29, 0.717) is 0 Å². The fourth-order valence-electron chi connectivity index (χ4n) is 3.93. The second kappa shape index (κ2) is 6.11. The molecule has 116 valence electrons. The summed E-state index contributed by atoms with van der Waals surface area (Å²) in [4.78, 5) is 0. The lowest BCUT2D eigenvalue weighted by Gasteiger charge is -2.30. The quantitative estimate of drug-likeness (QED) is 0.649. The van der Waals surface area contributed by atoms with Gasteiger partial charge in [0, 0.05) is 0 Å². The Labute approximate surface area is 138 Å². The molecule has 0 bridgehead atoms. The summed E-state index contributed by atoms with van der Waals surface area (Å²) in [5, 5.41) is 9.56. The van der Waals surface area contributed by atoms with Crippen LogP contribution < -0.4 is 0 Å². The van der Waals surface area contributed by atoms with Crippen molar-refractivity contribution in [2.45, 2.75) is 44.1 Å². The van der Waals surface area contributed by atoms with Gasteiger partial charge < -0.3 is 0 Å². The second-order valence-electron chi connectivity index (χ2n) is 6.48. The van der Waals surface area contributed by atoms with E-state index in [9.17, 15) is 0 Å². The van der Waals surface area contributed by atoms with Crippen LogP contribution in [0.3, 0.4) is 0 Å². The normalized spacial score (nSPS) is 20.0. The zero-order valence-electron chi connectivity index (χ0n) is 13.4. The van der Waals surface area contributed by atoms with Crippen molar-refractivity contribution in [3.05, 3.63) is 83.1 Å². The highest BCUT2D eigenvalue weighted by Crippen LogP contribution is 2.49. The van der Waals surface area contributed by atoms with Crippen molar-refractivity contribution in [1.82, 2.24) is 0 Å². The summed E-state index contributed by atoms with van der Waals surface area (Å²) in [5.74, 6) is 0. The Kier molecular flexibility index (Phi) is 3.82. The van der Waals surface area contributed by atoms with Gasteiger partial charge in [-0.3, -0.25) is 0 Å². The maximum absolute atomic E-state index is 4.89. The van der Waals surface area contributed by atoms with Gasteiger partial charge in [0.1, 0.15) is 0 Å². The Morgan fingerprint density at radius 1 is 0.652 bits per heavy atom. The van der Waals surface area contributed by atoms with E-state index in [1.807, 2.05) is 0 Å².